The first-order valence-electron chi connectivity index (χ1n) is 10.3. The number of carbonyl (C=O) groups is 1. The van der Waals surface area contributed by atoms with Crippen molar-refractivity contribution in [1.82, 2.24) is 0 Å². The molecule has 4 aliphatic rings. The molecule has 0 N–H and O–H groups in total. The van der Waals surface area contributed by atoms with Crippen molar-refractivity contribution in [3.8, 4) is 0 Å². The molecule has 0 spiro atoms. The first kappa shape index (κ1) is 16.8. The van der Waals surface area contributed by atoms with E-state index in [9.17, 15) is 4.79 Å². The van der Waals surface area contributed by atoms with Gasteiger partial charge in [0, 0.05) is 0 Å². The second-order valence-corrected chi connectivity index (χ2v) is 9.62. The van der Waals surface area contributed by atoms with Crippen LogP contribution < -0.4 is 0 Å². The SMILES string of the molecule is CC1CCC2C3CCC4=C[C@@H](OCC=O)CCC4(C)C3CCC12C. The number of hydrogen-bond acceptors (Lipinski definition) is 2. The topological polar surface area (TPSA) is 26.3 Å². The van der Waals surface area contributed by atoms with Crippen molar-refractivity contribution < 1.29 is 9.53 Å². The maximum Gasteiger partial charge on any atom is 0.145 e. The van der Waals surface area contributed by atoms with E-state index < -0.39 is 0 Å². The van der Waals surface area contributed by atoms with Crippen molar-refractivity contribution >= 4 is 6.29 Å². The van der Waals surface area contributed by atoms with Gasteiger partial charge in [-0.05, 0) is 85.9 Å². The fourth-order valence-electron chi connectivity index (χ4n) is 7.25. The highest BCUT2D eigenvalue weighted by Crippen LogP contribution is 2.66. The van der Waals surface area contributed by atoms with Gasteiger partial charge in [0.1, 0.15) is 12.9 Å². The fraction of sp³-hybridized carbons (Fsp3) is 0.864. The Morgan fingerprint density at radius 1 is 1.12 bits per heavy atom. The van der Waals surface area contributed by atoms with Crippen LogP contribution in [0.1, 0.15) is 72.1 Å². The van der Waals surface area contributed by atoms with Crippen LogP contribution in [0, 0.1) is 34.5 Å². The van der Waals surface area contributed by atoms with E-state index in [1.165, 1.54) is 44.9 Å². The van der Waals surface area contributed by atoms with Gasteiger partial charge in [-0.2, -0.15) is 0 Å². The molecular formula is C22H34O2. The van der Waals surface area contributed by atoms with Crippen LogP contribution in [0.25, 0.3) is 0 Å². The molecule has 0 aromatic heterocycles. The number of aldehydes is 1. The van der Waals surface area contributed by atoms with Gasteiger partial charge in [-0.3, -0.25) is 0 Å². The van der Waals surface area contributed by atoms with Crippen LogP contribution in [-0.4, -0.2) is 19.0 Å². The molecule has 134 valence electrons. The average molecular weight is 331 g/mol. The number of hydrogen-bond donors (Lipinski definition) is 0. The third kappa shape index (κ3) is 2.35. The highest BCUT2D eigenvalue weighted by molar-refractivity contribution is 5.50. The summed E-state index contributed by atoms with van der Waals surface area (Å²) in [7, 11) is 0. The molecule has 0 amide bonds. The zero-order valence-electron chi connectivity index (χ0n) is 15.7. The van der Waals surface area contributed by atoms with Crippen LogP contribution in [0.3, 0.4) is 0 Å². The van der Waals surface area contributed by atoms with E-state index in [-0.39, 0.29) is 12.7 Å². The van der Waals surface area contributed by atoms with Crippen molar-refractivity contribution in [3.63, 3.8) is 0 Å². The summed E-state index contributed by atoms with van der Waals surface area (Å²) in [6, 6.07) is 0. The summed E-state index contributed by atoms with van der Waals surface area (Å²) in [6.07, 6.45) is 14.2. The lowest BCUT2D eigenvalue weighted by atomic mass is 9.47. The van der Waals surface area contributed by atoms with E-state index in [1.807, 2.05) is 0 Å². The summed E-state index contributed by atoms with van der Waals surface area (Å²) in [5.74, 6) is 3.71. The van der Waals surface area contributed by atoms with Crippen molar-refractivity contribution in [2.45, 2.75) is 78.2 Å². The number of allylic oxidation sites excluding steroid dienone is 1. The molecule has 0 saturated heterocycles. The molecule has 0 aromatic carbocycles. The zero-order chi connectivity index (χ0) is 16.9. The first-order valence-corrected chi connectivity index (χ1v) is 10.3. The van der Waals surface area contributed by atoms with Crippen molar-refractivity contribution in [2.75, 3.05) is 6.61 Å². The van der Waals surface area contributed by atoms with Crippen molar-refractivity contribution in [3.05, 3.63) is 11.6 Å². The third-order valence-electron chi connectivity index (χ3n) is 8.92. The van der Waals surface area contributed by atoms with E-state index in [0.29, 0.717) is 10.8 Å². The lowest BCUT2D eigenvalue weighted by molar-refractivity contribution is -0.113. The molecule has 0 radical (unpaired) electrons. The van der Waals surface area contributed by atoms with E-state index in [1.54, 1.807) is 5.57 Å². The maximum atomic E-state index is 10.6. The molecule has 7 atom stereocenters. The van der Waals surface area contributed by atoms with Crippen LogP contribution >= 0.6 is 0 Å². The third-order valence-corrected chi connectivity index (χ3v) is 8.92. The molecular weight excluding hydrogens is 296 g/mol. The predicted molar refractivity (Wildman–Crippen MR) is 96.7 cm³/mol. The van der Waals surface area contributed by atoms with Gasteiger partial charge >= 0.3 is 0 Å². The molecule has 0 bridgehead atoms. The number of carbonyl (C=O) groups excluding carboxylic acids is 1. The Hall–Kier alpha value is -0.630. The smallest absolute Gasteiger partial charge is 0.145 e. The quantitative estimate of drug-likeness (QED) is 0.527. The zero-order valence-corrected chi connectivity index (χ0v) is 15.7. The summed E-state index contributed by atoms with van der Waals surface area (Å²) in [4.78, 5) is 10.6. The van der Waals surface area contributed by atoms with Gasteiger partial charge in [-0.1, -0.05) is 32.4 Å². The monoisotopic (exact) mass is 330 g/mol. The first-order chi connectivity index (χ1) is 11.5. The minimum Gasteiger partial charge on any atom is -0.367 e. The summed E-state index contributed by atoms with van der Waals surface area (Å²) < 4.78 is 5.72. The molecule has 0 aliphatic heterocycles. The van der Waals surface area contributed by atoms with Crippen LogP contribution in [0.15, 0.2) is 11.6 Å². The van der Waals surface area contributed by atoms with Gasteiger partial charge in [0.15, 0.2) is 0 Å². The van der Waals surface area contributed by atoms with Gasteiger partial charge in [0.25, 0.3) is 0 Å². The summed E-state index contributed by atoms with van der Waals surface area (Å²) in [5.41, 5.74) is 2.67. The molecule has 6 unspecified atom stereocenters. The molecule has 3 fully saturated rings. The van der Waals surface area contributed by atoms with E-state index in [0.717, 1.165) is 36.4 Å². The van der Waals surface area contributed by atoms with Gasteiger partial charge in [0.2, 0.25) is 0 Å². The highest BCUT2D eigenvalue weighted by Gasteiger charge is 2.57. The molecule has 24 heavy (non-hydrogen) atoms. The van der Waals surface area contributed by atoms with Crippen LogP contribution in [0.2, 0.25) is 0 Å². The lowest BCUT2D eigenvalue weighted by Crippen LogP contribution is -2.50. The van der Waals surface area contributed by atoms with Gasteiger partial charge in [0.05, 0.1) is 6.10 Å². The Balaban J connectivity index is 1.57. The van der Waals surface area contributed by atoms with Crippen molar-refractivity contribution in [1.29, 1.82) is 0 Å². The highest BCUT2D eigenvalue weighted by atomic mass is 16.5. The summed E-state index contributed by atoms with van der Waals surface area (Å²) in [6.45, 7) is 7.90. The van der Waals surface area contributed by atoms with Crippen LogP contribution in [0.4, 0.5) is 0 Å². The fourth-order valence-corrected chi connectivity index (χ4v) is 7.25. The average Bonchev–Trinajstić information content (AvgIpc) is 2.88. The Morgan fingerprint density at radius 2 is 1.96 bits per heavy atom. The Labute approximate surface area is 147 Å². The second-order valence-electron chi connectivity index (χ2n) is 9.62. The van der Waals surface area contributed by atoms with Gasteiger partial charge < -0.3 is 9.53 Å². The van der Waals surface area contributed by atoms with E-state index >= 15 is 0 Å². The van der Waals surface area contributed by atoms with Crippen molar-refractivity contribution in [2.24, 2.45) is 34.5 Å². The normalized spacial score (nSPS) is 50.5. The predicted octanol–water partition coefficient (Wildman–Crippen LogP) is 5.17. The lowest BCUT2D eigenvalue weighted by Gasteiger charge is -2.58. The van der Waals surface area contributed by atoms with Gasteiger partial charge in [-0.25, -0.2) is 0 Å². The summed E-state index contributed by atoms with van der Waals surface area (Å²) >= 11 is 0. The summed E-state index contributed by atoms with van der Waals surface area (Å²) in [5, 5.41) is 0. The van der Waals surface area contributed by atoms with E-state index in [2.05, 4.69) is 26.8 Å². The Bertz CT molecular complexity index is 538. The Morgan fingerprint density at radius 3 is 2.75 bits per heavy atom. The Kier molecular flexibility index (Phi) is 4.18. The largest absolute Gasteiger partial charge is 0.367 e. The minimum absolute atomic E-state index is 0.176. The van der Waals surface area contributed by atoms with E-state index in [4.69, 9.17) is 4.74 Å². The number of ether oxygens (including phenoxy) is 1. The number of fused-ring (bicyclic) bond motifs is 5. The second kappa shape index (κ2) is 5.97. The minimum atomic E-state index is 0.176. The number of rotatable bonds is 3. The molecule has 4 aliphatic carbocycles. The maximum absolute atomic E-state index is 10.6. The molecule has 2 heteroatoms. The van der Waals surface area contributed by atoms with Crippen LogP contribution in [-0.2, 0) is 9.53 Å². The molecule has 0 aromatic rings. The molecule has 0 heterocycles. The molecule has 2 nitrogen and oxygen atoms in total. The molecule has 3 saturated carbocycles. The van der Waals surface area contributed by atoms with Gasteiger partial charge in [-0.15, -0.1) is 0 Å². The van der Waals surface area contributed by atoms with Crippen LogP contribution in [0.5, 0.6) is 0 Å². The molecule has 4 rings (SSSR count). The standard InChI is InChI=1S/C22H34O2/c1-15-4-7-19-18-6-5-16-14-17(24-13-12-23)8-10-22(16,3)20(18)9-11-21(15,19)2/h12,14-15,17-20H,4-11,13H2,1-3H3/t15?,17-,18?,19?,20?,21?,22?/m0/s1.